The van der Waals surface area contributed by atoms with Crippen LogP contribution in [0.2, 0.25) is 0 Å². The molecule has 19 heavy (non-hydrogen) atoms. The first-order valence-corrected chi connectivity index (χ1v) is 7.51. The summed E-state index contributed by atoms with van der Waals surface area (Å²) in [6, 6.07) is 8.36. The SMILES string of the molecule is NC1CC(NS(=O)(=O)Nc2ccccc2)CCN1O. The van der Waals surface area contributed by atoms with Gasteiger partial charge < -0.3 is 10.9 Å². The second-order valence-corrected chi connectivity index (χ2v) is 5.99. The number of hydroxylamine groups is 2. The Kier molecular flexibility index (Phi) is 4.38. The van der Waals surface area contributed by atoms with Gasteiger partial charge in [0.15, 0.2) is 0 Å². The Balaban J connectivity index is 1.94. The standard InChI is InChI=1S/C11H18N4O3S/c12-11-8-10(6-7-15(11)16)14-19(17,18)13-9-4-2-1-3-5-9/h1-5,10-11,13-14,16H,6-8,12H2. The smallest absolute Gasteiger partial charge is 0.299 e. The summed E-state index contributed by atoms with van der Waals surface area (Å²) in [5, 5.41) is 10.4. The fourth-order valence-corrected chi connectivity index (χ4v) is 3.16. The molecular weight excluding hydrogens is 268 g/mol. The molecule has 7 nitrogen and oxygen atoms in total. The van der Waals surface area contributed by atoms with Crippen LogP contribution in [0.25, 0.3) is 0 Å². The predicted molar refractivity (Wildman–Crippen MR) is 71.6 cm³/mol. The molecule has 0 saturated carbocycles. The summed E-state index contributed by atoms with van der Waals surface area (Å²) >= 11 is 0. The highest BCUT2D eigenvalue weighted by atomic mass is 32.2. The second-order valence-electron chi connectivity index (χ2n) is 4.54. The Morgan fingerprint density at radius 1 is 1.32 bits per heavy atom. The molecule has 2 rings (SSSR count). The van der Waals surface area contributed by atoms with Gasteiger partial charge in [-0.25, -0.2) is 0 Å². The Bertz CT molecular complexity index is 508. The molecule has 1 aliphatic rings. The van der Waals surface area contributed by atoms with Crippen LogP contribution in [0.5, 0.6) is 0 Å². The van der Waals surface area contributed by atoms with E-state index in [4.69, 9.17) is 5.73 Å². The van der Waals surface area contributed by atoms with Crippen LogP contribution in [0, 0.1) is 0 Å². The average molecular weight is 286 g/mol. The second kappa shape index (κ2) is 5.85. The summed E-state index contributed by atoms with van der Waals surface area (Å²) in [6.07, 6.45) is 0.338. The monoisotopic (exact) mass is 286 g/mol. The Morgan fingerprint density at radius 3 is 2.63 bits per heavy atom. The van der Waals surface area contributed by atoms with Crippen LogP contribution >= 0.6 is 0 Å². The quantitative estimate of drug-likeness (QED) is 0.626. The fourth-order valence-electron chi connectivity index (χ4n) is 2.00. The molecule has 0 spiro atoms. The lowest BCUT2D eigenvalue weighted by atomic mass is 10.1. The van der Waals surface area contributed by atoms with Crippen LogP contribution < -0.4 is 15.2 Å². The summed E-state index contributed by atoms with van der Waals surface area (Å²) in [5.74, 6) is 0. The van der Waals surface area contributed by atoms with Crippen molar-refractivity contribution in [2.75, 3.05) is 11.3 Å². The predicted octanol–water partition coefficient (Wildman–Crippen LogP) is 0.0713. The molecule has 1 fully saturated rings. The summed E-state index contributed by atoms with van der Waals surface area (Å²) < 4.78 is 28.8. The lowest BCUT2D eigenvalue weighted by Gasteiger charge is -2.33. The van der Waals surface area contributed by atoms with Crippen LogP contribution in [0.1, 0.15) is 12.8 Å². The van der Waals surface area contributed by atoms with Gasteiger partial charge in [-0.2, -0.15) is 18.2 Å². The summed E-state index contributed by atoms with van der Waals surface area (Å²) in [4.78, 5) is 0. The zero-order valence-corrected chi connectivity index (χ0v) is 11.2. The summed E-state index contributed by atoms with van der Waals surface area (Å²) in [7, 11) is -3.63. The Morgan fingerprint density at radius 2 is 2.00 bits per heavy atom. The minimum Gasteiger partial charge on any atom is -0.314 e. The molecule has 1 heterocycles. The van der Waals surface area contributed by atoms with Crippen LogP contribution in [0.4, 0.5) is 5.69 Å². The fraction of sp³-hybridized carbons (Fsp3) is 0.455. The molecule has 0 radical (unpaired) electrons. The van der Waals surface area contributed by atoms with E-state index in [-0.39, 0.29) is 6.04 Å². The minimum atomic E-state index is -3.63. The molecule has 5 N–H and O–H groups in total. The van der Waals surface area contributed by atoms with Gasteiger partial charge >= 0.3 is 0 Å². The van der Waals surface area contributed by atoms with Crippen LogP contribution in [-0.2, 0) is 10.2 Å². The summed E-state index contributed by atoms with van der Waals surface area (Å²) in [5.41, 5.74) is 6.16. The van der Waals surface area contributed by atoms with Crippen molar-refractivity contribution in [2.24, 2.45) is 5.73 Å². The molecule has 1 saturated heterocycles. The maximum atomic E-state index is 11.9. The molecule has 0 aromatic heterocycles. The number of hydrogen-bond donors (Lipinski definition) is 4. The number of nitrogens with one attached hydrogen (secondary N) is 2. The highest BCUT2D eigenvalue weighted by Crippen LogP contribution is 2.14. The molecule has 0 amide bonds. The zero-order chi connectivity index (χ0) is 13.9. The van der Waals surface area contributed by atoms with Crippen LogP contribution in [-0.4, -0.2) is 37.4 Å². The molecule has 1 aliphatic heterocycles. The van der Waals surface area contributed by atoms with Crippen LogP contribution in [0.3, 0.4) is 0 Å². The van der Waals surface area contributed by atoms with Gasteiger partial charge in [-0.3, -0.25) is 4.72 Å². The lowest BCUT2D eigenvalue weighted by molar-refractivity contribution is -0.143. The van der Waals surface area contributed by atoms with E-state index in [1.54, 1.807) is 30.3 Å². The van der Waals surface area contributed by atoms with Gasteiger partial charge in [-0.15, -0.1) is 0 Å². The number of nitrogens with zero attached hydrogens (tertiary/aromatic N) is 1. The number of piperidine rings is 1. The van der Waals surface area contributed by atoms with Crippen molar-refractivity contribution in [2.45, 2.75) is 25.0 Å². The van der Waals surface area contributed by atoms with Gasteiger partial charge in [0.05, 0.1) is 6.17 Å². The first kappa shape index (κ1) is 14.2. The van der Waals surface area contributed by atoms with E-state index in [1.807, 2.05) is 0 Å². The third kappa shape index (κ3) is 4.15. The first-order chi connectivity index (χ1) is 8.96. The van der Waals surface area contributed by atoms with E-state index in [9.17, 15) is 13.6 Å². The van der Waals surface area contributed by atoms with Gasteiger partial charge in [0, 0.05) is 18.3 Å². The molecule has 2 unspecified atom stereocenters. The molecule has 8 heteroatoms. The van der Waals surface area contributed by atoms with Crippen molar-refractivity contribution in [1.82, 2.24) is 9.79 Å². The van der Waals surface area contributed by atoms with E-state index >= 15 is 0 Å². The number of para-hydroxylation sites is 1. The first-order valence-electron chi connectivity index (χ1n) is 6.02. The van der Waals surface area contributed by atoms with E-state index < -0.39 is 16.4 Å². The van der Waals surface area contributed by atoms with Crippen molar-refractivity contribution >= 4 is 15.9 Å². The largest absolute Gasteiger partial charge is 0.314 e. The molecule has 0 aliphatic carbocycles. The number of rotatable bonds is 4. The third-order valence-electron chi connectivity index (χ3n) is 2.96. The molecular formula is C11H18N4O3S. The van der Waals surface area contributed by atoms with E-state index in [1.165, 1.54) is 0 Å². The maximum Gasteiger partial charge on any atom is 0.299 e. The van der Waals surface area contributed by atoms with Gasteiger partial charge in [-0.05, 0) is 25.0 Å². The van der Waals surface area contributed by atoms with Gasteiger partial charge in [0.1, 0.15) is 0 Å². The Labute approximate surface area is 112 Å². The molecule has 0 bridgehead atoms. The number of hydrogen-bond acceptors (Lipinski definition) is 5. The lowest BCUT2D eigenvalue weighted by Crippen LogP contribution is -2.52. The molecule has 106 valence electrons. The van der Waals surface area contributed by atoms with Crippen molar-refractivity contribution in [3.05, 3.63) is 30.3 Å². The highest BCUT2D eigenvalue weighted by molar-refractivity contribution is 7.90. The topological polar surface area (TPSA) is 108 Å². The van der Waals surface area contributed by atoms with E-state index in [0.717, 1.165) is 5.06 Å². The van der Waals surface area contributed by atoms with Gasteiger partial charge in [0.25, 0.3) is 10.2 Å². The van der Waals surface area contributed by atoms with Crippen molar-refractivity contribution < 1.29 is 13.6 Å². The minimum absolute atomic E-state index is 0.278. The van der Waals surface area contributed by atoms with Crippen molar-refractivity contribution in [1.29, 1.82) is 0 Å². The Hall–Kier alpha value is -1.19. The number of anilines is 1. The van der Waals surface area contributed by atoms with Crippen LogP contribution in [0.15, 0.2) is 30.3 Å². The van der Waals surface area contributed by atoms with Gasteiger partial charge in [0.2, 0.25) is 0 Å². The third-order valence-corrected chi connectivity index (χ3v) is 4.11. The zero-order valence-electron chi connectivity index (χ0n) is 10.4. The molecule has 2 atom stereocenters. The molecule has 1 aromatic carbocycles. The molecule has 1 aromatic rings. The van der Waals surface area contributed by atoms with E-state index in [0.29, 0.717) is 25.1 Å². The van der Waals surface area contributed by atoms with Gasteiger partial charge in [-0.1, -0.05) is 18.2 Å². The highest BCUT2D eigenvalue weighted by Gasteiger charge is 2.27. The maximum absolute atomic E-state index is 11.9. The number of benzene rings is 1. The van der Waals surface area contributed by atoms with E-state index in [2.05, 4.69) is 9.44 Å². The number of nitrogens with two attached hydrogens (primary N) is 1. The van der Waals surface area contributed by atoms with Crippen molar-refractivity contribution in [3.63, 3.8) is 0 Å². The van der Waals surface area contributed by atoms with Crippen molar-refractivity contribution in [3.8, 4) is 0 Å². The summed E-state index contributed by atoms with van der Waals surface area (Å²) in [6.45, 7) is 0.347. The normalized spacial score (nSPS) is 25.2. The average Bonchev–Trinajstić information content (AvgIpc) is 2.34.